The van der Waals surface area contributed by atoms with Gasteiger partial charge in [0.15, 0.2) is 5.78 Å². The molecule has 0 N–H and O–H groups in total. The molecular weight excluding hydrogens is 300 g/mol. The van der Waals surface area contributed by atoms with Gasteiger partial charge in [0, 0.05) is 30.6 Å². The Morgan fingerprint density at radius 1 is 1.21 bits per heavy atom. The number of allylic oxidation sites excluding steroid dienone is 2. The number of rotatable bonds is 1. The van der Waals surface area contributed by atoms with E-state index in [0.717, 1.165) is 31.3 Å². The molecule has 0 aromatic rings. The highest BCUT2D eigenvalue weighted by Crippen LogP contribution is 2.65. The van der Waals surface area contributed by atoms with Gasteiger partial charge in [0.05, 0.1) is 0 Å². The average Bonchev–Trinajstić information content (AvgIpc) is 2.84. The van der Waals surface area contributed by atoms with Crippen LogP contribution in [0, 0.1) is 34.5 Å². The lowest BCUT2D eigenvalue weighted by Crippen LogP contribution is -2.57. The van der Waals surface area contributed by atoms with Gasteiger partial charge in [-0.1, -0.05) is 19.9 Å². The van der Waals surface area contributed by atoms with Crippen molar-refractivity contribution < 1.29 is 14.4 Å². The smallest absolute Gasteiger partial charge is 0.156 e. The van der Waals surface area contributed by atoms with Gasteiger partial charge >= 0.3 is 0 Å². The molecule has 6 atom stereocenters. The summed E-state index contributed by atoms with van der Waals surface area (Å²) in [7, 11) is 0. The third-order valence-electron chi connectivity index (χ3n) is 8.13. The summed E-state index contributed by atoms with van der Waals surface area (Å²) in [5.41, 5.74) is 0.636. The Morgan fingerprint density at radius 2 is 1.96 bits per heavy atom. The van der Waals surface area contributed by atoms with Crippen molar-refractivity contribution in [1.82, 2.24) is 0 Å². The summed E-state index contributed by atoms with van der Waals surface area (Å²) in [5, 5.41) is 0. The Morgan fingerprint density at radius 3 is 2.67 bits per heavy atom. The Balaban J connectivity index is 1.70. The molecule has 0 radical (unpaired) electrons. The molecule has 0 bridgehead atoms. The molecule has 3 heteroatoms. The number of carbonyl (C=O) groups is 3. The molecule has 0 amide bonds. The van der Waals surface area contributed by atoms with Crippen molar-refractivity contribution in [1.29, 1.82) is 0 Å². The molecule has 0 spiro atoms. The molecule has 4 aliphatic carbocycles. The summed E-state index contributed by atoms with van der Waals surface area (Å²) in [5.74, 6) is 2.17. The quantitative estimate of drug-likeness (QED) is 0.733. The normalized spacial score (nSPS) is 47.5. The molecule has 3 fully saturated rings. The summed E-state index contributed by atoms with van der Waals surface area (Å²) in [6.45, 7) is 6.06. The van der Waals surface area contributed by atoms with Gasteiger partial charge in [-0.2, -0.15) is 0 Å². The zero-order valence-electron chi connectivity index (χ0n) is 15.1. The molecule has 3 nitrogen and oxygen atoms in total. The van der Waals surface area contributed by atoms with Crippen molar-refractivity contribution in [3.8, 4) is 0 Å². The van der Waals surface area contributed by atoms with Crippen LogP contribution in [-0.2, 0) is 14.4 Å². The van der Waals surface area contributed by atoms with Gasteiger partial charge in [-0.15, -0.1) is 0 Å². The summed E-state index contributed by atoms with van der Waals surface area (Å²) < 4.78 is 0. The fraction of sp³-hybridized carbons (Fsp3) is 0.762. The molecule has 0 saturated heterocycles. The molecule has 24 heavy (non-hydrogen) atoms. The third-order valence-corrected chi connectivity index (χ3v) is 8.13. The molecule has 4 rings (SSSR count). The first-order valence-corrected chi connectivity index (χ1v) is 9.53. The van der Waals surface area contributed by atoms with Crippen LogP contribution < -0.4 is 0 Å². The lowest BCUT2D eigenvalue weighted by Gasteiger charge is -2.58. The molecular formula is C21H28O3. The maximum Gasteiger partial charge on any atom is 0.156 e. The molecule has 0 aliphatic heterocycles. The van der Waals surface area contributed by atoms with Gasteiger partial charge in [0.25, 0.3) is 0 Å². The molecule has 0 aromatic carbocycles. The Hall–Kier alpha value is -1.25. The monoisotopic (exact) mass is 328 g/mol. The van der Waals surface area contributed by atoms with Crippen molar-refractivity contribution in [2.24, 2.45) is 34.5 Å². The standard InChI is InChI=1S/C21H28O3/c1-12(22)16-6-7-17-15-5-4-13-10-14(23)8-9-20(13,2)19(15)18(24)11-21(16,17)3/h6,13,15,17,19H,4-5,7-11H2,1-3H3/t13-,15?,17?,19?,20?,21?/m0/s1. The Kier molecular flexibility index (Phi) is 3.47. The lowest BCUT2D eigenvalue weighted by atomic mass is 9.44. The number of ketones is 3. The Bertz CT molecular complexity index is 660. The largest absolute Gasteiger partial charge is 0.300 e. The van der Waals surface area contributed by atoms with Gasteiger partial charge in [-0.3, -0.25) is 14.4 Å². The lowest BCUT2D eigenvalue weighted by molar-refractivity contribution is -0.157. The highest BCUT2D eigenvalue weighted by Gasteiger charge is 2.62. The first-order chi connectivity index (χ1) is 11.3. The van der Waals surface area contributed by atoms with Crippen LogP contribution in [0.4, 0.5) is 0 Å². The van der Waals surface area contributed by atoms with Gasteiger partial charge in [-0.05, 0) is 61.3 Å². The van der Waals surface area contributed by atoms with Crippen LogP contribution in [0.5, 0.6) is 0 Å². The summed E-state index contributed by atoms with van der Waals surface area (Å²) >= 11 is 0. The van der Waals surface area contributed by atoms with E-state index in [0.29, 0.717) is 48.6 Å². The van der Waals surface area contributed by atoms with Crippen LogP contribution in [0.3, 0.4) is 0 Å². The zero-order valence-corrected chi connectivity index (χ0v) is 15.1. The Labute approximate surface area is 144 Å². The molecule has 0 heterocycles. The first kappa shape index (κ1) is 16.2. The van der Waals surface area contributed by atoms with Gasteiger partial charge < -0.3 is 0 Å². The van der Waals surface area contributed by atoms with E-state index >= 15 is 0 Å². The fourth-order valence-corrected chi connectivity index (χ4v) is 6.98. The molecule has 0 aromatic heterocycles. The summed E-state index contributed by atoms with van der Waals surface area (Å²) in [6, 6.07) is 0. The predicted octanol–water partition coefficient (Wildman–Crippen LogP) is 3.90. The fourth-order valence-electron chi connectivity index (χ4n) is 6.98. The second-order valence-electron chi connectivity index (χ2n) is 9.24. The second-order valence-corrected chi connectivity index (χ2v) is 9.24. The molecule has 3 saturated carbocycles. The van der Waals surface area contributed by atoms with E-state index in [2.05, 4.69) is 19.9 Å². The van der Waals surface area contributed by atoms with Crippen molar-refractivity contribution in [2.75, 3.05) is 0 Å². The maximum atomic E-state index is 13.3. The highest BCUT2D eigenvalue weighted by atomic mass is 16.1. The van der Waals surface area contributed by atoms with E-state index in [1.165, 1.54) is 0 Å². The van der Waals surface area contributed by atoms with E-state index in [9.17, 15) is 14.4 Å². The topological polar surface area (TPSA) is 51.2 Å². The highest BCUT2D eigenvalue weighted by molar-refractivity contribution is 5.97. The van der Waals surface area contributed by atoms with Gasteiger partial charge in [0.1, 0.15) is 11.6 Å². The second kappa shape index (κ2) is 5.12. The number of carbonyl (C=O) groups excluding carboxylic acids is 3. The van der Waals surface area contributed by atoms with E-state index < -0.39 is 0 Å². The predicted molar refractivity (Wildman–Crippen MR) is 91.3 cm³/mol. The number of hydrogen-bond donors (Lipinski definition) is 0. The van der Waals surface area contributed by atoms with Crippen LogP contribution in [0.1, 0.15) is 65.7 Å². The number of fused-ring (bicyclic) bond motifs is 5. The minimum Gasteiger partial charge on any atom is -0.300 e. The van der Waals surface area contributed by atoms with Crippen molar-refractivity contribution >= 4 is 17.3 Å². The van der Waals surface area contributed by atoms with Crippen LogP contribution in [0.25, 0.3) is 0 Å². The molecule has 5 unspecified atom stereocenters. The summed E-state index contributed by atoms with van der Waals surface area (Å²) in [4.78, 5) is 37.3. The SMILES string of the molecule is CC(=O)C1=CCC2C3CC[C@H]4CC(=O)CCC4(C)C3C(=O)CC12C. The van der Waals surface area contributed by atoms with E-state index in [1.807, 2.05) is 0 Å². The minimum atomic E-state index is -0.252. The van der Waals surface area contributed by atoms with Crippen molar-refractivity contribution in [3.05, 3.63) is 11.6 Å². The average molecular weight is 328 g/mol. The molecule has 130 valence electrons. The van der Waals surface area contributed by atoms with Crippen LogP contribution in [0.2, 0.25) is 0 Å². The molecule has 4 aliphatic rings. The van der Waals surface area contributed by atoms with Crippen LogP contribution >= 0.6 is 0 Å². The maximum absolute atomic E-state index is 13.3. The number of Topliss-reactive ketones (excluding diaryl/α,β-unsaturated/α-hetero) is 3. The van der Waals surface area contributed by atoms with Crippen molar-refractivity contribution in [3.63, 3.8) is 0 Å². The van der Waals surface area contributed by atoms with Gasteiger partial charge in [-0.25, -0.2) is 0 Å². The van der Waals surface area contributed by atoms with Crippen molar-refractivity contribution in [2.45, 2.75) is 65.7 Å². The van der Waals surface area contributed by atoms with E-state index in [4.69, 9.17) is 0 Å². The van der Waals surface area contributed by atoms with Crippen LogP contribution in [0.15, 0.2) is 11.6 Å². The van der Waals surface area contributed by atoms with E-state index in [-0.39, 0.29) is 22.5 Å². The van der Waals surface area contributed by atoms with Crippen LogP contribution in [-0.4, -0.2) is 17.3 Å². The zero-order chi connectivity index (χ0) is 17.3. The summed E-state index contributed by atoms with van der Waals surface area (Å²) in [6.07, 6.45) is 7.87. The minimum absolute atomic E-state index is 0.00574. The first-order valence-electron chi connectivity index (χ1n) is 9.53. The van der Waals surface area contributed by atoms with Gasteiger partial charge in [0.2, 0.25) is 0 Å². The third kappa shape index (κ3) is 1.99. The number of hydrogen-bond acceptors (Lipinski definition) is 3. The van der Waals surface area contributed by atoms with E-state index in [1.54, 1.807) is 6.92 Å².